The molecule has 0 fully saturated rings. The average Bonchev–Trinajstić information content (AvgIpc) is 3.21. The Hall–Kier alpha value is -4.27. The smallest absolute Gasteiger partial charge is 0.340 e. The molecule has 0 saturated heterocycles. The highest BCUT2D eigenvalue weighted by Crippen LogP contribution is 2.24. The summed E-state index contributed by atoms with van der Waals surface area (Å²) in [5.41, 5.74) is 2.68. The highest BCUT2D eigenvalue weighted by Gasteiger charge is 2.15. The molecular formula is C23H15F2N5O2. The van der Waals surface area contributed by atoms with Gasteiger partial charge in [-0.25, -0.2) is 23.2 Å². The van der Waals surface area contributed by atoms with Crippen LogP contribution in [0.1, 0.15) is 15.9 Å². The zero-order valence-corrected chi connectivity index (χ0v) is 16.8. The second-order valence-corrected chi connectivity index (χ2v) is 7.11. The third kappa shape index (κ3) is 3.43. The van der Waals surface area contributed by atoms with Crippen molar-refractivity contribution in [2.24, 2.45) is 0 Å². The first-order valence-corrected chi connectivity index (χ1v) is 9.65. The molecule has 0 amide bonds. The molecular weight excluding hydrogens is 416 g/mol. The van der Waals surface area contributed by atoms with E-state index >= 15 is 0 Å². The van der Waals surface area contributed by atoms with Crippen LogP contribution in [-0.2, 0) is 11.3 Å². The normalized spacial score (nSPS) is 11.2. The summed E-state index contributed by atoms with van der Waals surface area (Å²) >= 11 is 0. The second-order valence-electron chi connectivity index (χ2n) is 7.11. The Bertz CT molecular complexity index is 1500. The van der Waals surface area contributed by atoms with Gasteiger partial charge in [0.05, 0.1) is 30.4 Å². The van der Waals surface area contributed by atoms with Gasteiger partial charge in [0.1, 0.15) is 17.2 Å². The van der Waals surface area contributed by atoms with E-state index in [1.807, 2.05) is 6.07 Å². The van der Waals surface area contributed by atoms with Crippen LogP contribution in [0.15, 0.2) is 60.8 Å². The number of hydrogen-bond acceptors (Lipinski definition) is 6. The van der Waals surface area contributed by atoms with Crippen molar-refractivity contribution in [2.45, 2.75) is 6.54 Å². The van der Waals surface area contributed by atoms with Crippen LogP contribution in [0.2, 0.25) is 0 Å². The largest absolute Gasteiger partial charge is 0.465 e. The lowest BCUT2D eigenvalue weighted by Crippen LogP contribution is -2.06. The van der Waals surface area contributed by atoms with Crippen molar-refractivity contribution in [3.8, 4) is 11.3 Å². The maximum Gasteiger partial charge on any atom is 0.340 e. The Morgan fingerprint density at radius 2 is 1.91 bits per heavy atom. The molecule has 0 N–H and O–H groups in total. The zero-order chi connectivity index (χ0) is 22.2. The number of rotatable bonds is 4. The summed E-state index contributed by atoms with van der Waals surface area (Å²) in [5.74, 6) is -1.88. The molecule has 3 heterocycles. The van der Waals surface area contributed by atoms with Gasteiger partial charge >= 0.3 is 5.97 Å². The number of esters is 1. The van der Waals surface area contributed by atoms with Gasteiger partial charge in [-0.1, -0.05) is 17.3 Å². The minimum Gasteiger partial charge on any atom is -0.465 e. The molecule has 0 saturated carbocycles. The molecule has 3 aromatic heterocycles. The van der Waals surface area contributed by atoms with Gasteiger partial charge in [0.25, 0.3) is 0 Å². The van der Waals surface area contributed by atoms with E-state index in [0.717, 1.165) is 5.39 Å². The molecule has 0 unspecified atom stereocenters. The molecule has 9 heteroatoms. The minimum atomic E-state index is -0.757. The summed E-state index contributed by atoms with van der Waals surface area (Å²) in [7, 11) is 1.19. The predicted octanol–water partition coefficient (Wildman–Crippen LogP) is 4.15. The van der Waals surface area contributed by atoms with Crippen LogP contribution in [0.4, 0.5) is 8.78 Å². The van der Waals surface area contributed by atoms with Crippen LogP contribution in [-0.4, -0.2) is 38.0 Å². The van der Waals surface area contributed by atoms with Crippen molar-refractivity contribution in [1.29, 1.82) is 0 Å². The first kappa shape index (κ1) is 19.7. The first-order valence-electron chi connectivity index (χ1n) is 9.65. The number of halogens is 2. The number of fused-ring (bicyclic) bond motifs is 2. The molecule has 32 heavy (non-hydrogen) atoms. The van der Waals surface area contributed by atoms with Crippen molar-refractivity contribution in [3.05, 3.63) is 83.6 Å². The van der Waals surface area contributed by atoms with Crippen LogP contribution in [0, 0.1) is 11.6 Å². The topological polar surface area (TPSA) is 82.8 Å². The van der Waals surface area contributed by atoms with Gasteiger partial charge < -0.3 is 4.74 Å². The van der Waals surface area contributed by atoms with Gasteiger partial charge in [0, 0.05) is 28.8 Å². The monoisotopic (exact) mass is 431 g/mol. The summed E-state index contributed by atoms with van der Waals surface area (Å²) in [6.45, 7) is 0.110. The van der Waals surface area contributed by atoms with E-state index in [1.165, 1.54) is 30.0 Å². The van der Waals surface area contributed by atoms with Crippen LogP contribution >= 0.6 is 0 Å². The number of pyridine rings is 2. The molecule has 0 aliphatic carbocycles. The van der Waals surface area contributed by atoms with E-state index in [0.29, 0.717) is 33.5 Å². The fourth-order valence-electron chi connectivity index (χ4n) is 3.50. The summed E-state index contributed by atoms with van der Waals surface area (Å²) in [5, 5.41) is 9.00. The fraction of sp³-hybridized carbons (Fsp3) is 0.0870. The second kappa shape index (κ2) is 7.77. The molecule has 158 valence electrons. The molecule has 7 nitrogen and oxygen atoms in total. The number of benzene rings is 2. The number of aromatic nitrogens is 5. The molecule has 0 aliphatic heterocycles. The van der Waals surface area contributed by atoms with Gasteiger partial charge in [0.15, 0.2) is 5.65 Å². The Labute approximate surface area is 180 Å². The lowest BCUT2D eigenvalue weighted by molar-refractivity contribution is 0.0595. The number of ether oxygens (including phenoxy) is 1. The highest BCUT2D eigenvalue weighted by atomic mass is 19.1. The van der Waals surface area contributed by atoms with E-state index in [1.54, 1.807) is 36.5 Å². The van der Waals surface area contributed by atoms with Gasteiger partial charge in [-0.3, -0.25) is 4.98 Å². The Balaban J connectivity index is 1.53. The van der Waals surface area contributed by atoms with E-state index in [-0.39, 0.29) is 12.1 Å². The van der Waals surface area contributed by atoms with Crippen LogP contribution in [0.3, 0.4) is 0 Å². The number of carbonyl (C=O) groups excluding carboxylic acids is 1. The van der Waals surface area contributed by atoms with Gasteiger partial charge in [-0.2, -0.15) is 0 Å². The van der Waals surface area contributed by atoms with Crippen LogP contribution < -0.4 is 0 Å². The van der Waals surface area contributed by atoms with Gasteiger partial charge in [0.2, 0.25) is 0 Å². The van der Waals surface area contributed by atoms with E-state index in [4.69, 9.17) is 0 Å². The third-order valence-corrected chi connectivity index (χ3v) is 5.12. The fourth-order valence-corrected chi connectivity index (χ4v) is 3.50. The van der Waals surface area contributed by atoms with E-state index in [9.17, 15) is 13.6 Å². The molecule has 2 aromatic carbocycles. The van der Waals surface area contributed by atoms with Gasteiger partial charge in [-0.15, -0.1) is 5.10 Å². The summed E-state index contributed by atoms with van der Waals surface area (Å²) in [6, 6.07) is 14.3. The van der Waals surface area contributed by atoms with Crippen molar-refractivity contribution < 1.29 is 18.3 Å². The number of methoxy groups -OCH3 is 1. The van der Waals surface area contributed by atoms with Crippen LogP contribution in [0.5, 0.6) is 0 Å². The minimum absolute atomic E-state index is 0.110. The standard InChI is InChI=1S/C23H15F2N5O2/c1-32-23(31)16-5-4-14(10-18(16)25)19-6-7-20-22(27-19)30(29-28-20)12-15-9-13-3-2-8-26-21(13)11-17(15)24/h2-11H,12H2,1H3. The lowest BCUT2D eigenvalue weighted by Gasteiger charge is -2.07. The lowest BCUT2D eigenvalue weighted by atomic mass is 10.1. The summed E-state index contributed by atoms with van der Waals surface area (Å²) < 4.78 is 35.0. The van der Waals surface area contributed by atoms with Crippen molar-refractivity contribution in [1.82, 2.24) is 25.0 Å². The maximum atomic E-state index is 14.6. The van der Waals surface area contributed by atoms with E-state index in [2.05, 4.69) is 25.0 Å². The molecule has 0 aliphatic rings. The molecule has 0 radical (unpaired) electrons. The number of hydrogen-bond donors (Lipinski definition) is 0. The Morgan fingerprint density at radius 3 is 2.72 bits per heavy atom. The Morgan fingerprint density at radius 1 is 1.03 bits per heavy atom. The molecule has 0 atom stereocenters. The molecule has 5 rings (SSSR count). The third-order valence-electron chi connectivity index (χ3n) is 5.12. The first-order chi connectivity index (χ1) is 15.5. The molecule has 5 aromatic rings. The SMILES string of the molecule is COC(=O)c1ccc(-c2ccc3nnn(Cc4cc5cccnc5cc4F)c3n2)cc1F. The summed E-state index contributed by atoms with van der Waals surface area (Å²) in [6.07, 6.45) is 1.61. The maximum absolute atomic E-state index is 14.6. The number of nitrogens with zero attached hydrogens (tertiary/aromatic N) is 5. The van der Waals surface area contributed by atoms with Crippen LogP contribution in [0.25, 0.3) is 33.3 Å². The molecule has 0 bridgehead atoms. The number of carbonyl (C=O) groups is 1. The quantitative estimate of drug-likeness (QED) is 0.398. The summed E-state index contributed by atoms with van der Waals surface area (Å²) in [4.78, 5) is 20.3. The molecule has 0 spiro atoms. The van der Waals surface area contributed by atoms with E-state index < -0.39 is 17.6 Å². The van der Waals surface area contributed by atoms with Crippen molar-refractivity contribution in [3.63, 3.8) is 0 Å². The van der Waals surface area contributed by atoms with Crippen molar-refractivity contribution in [2.75, 3.05) is 7.11 Å². The predicted molar refractivity (Wildman–Crippen MR) is 113 cm³/mol. The highest BCUT2D eigenvalue weighted by molar-refractivity contribution is 5.90. The van der Waals surface area contributed by atoms with Gasteiger partial charge in [-0.05, 0) is 36.4 Å². The Kier molecular flexibility index (Phi) is 4.78. The zero-order valence-electron chi connectivity index (χ0n) is 16.8. The average molecular weight is 431 g/mol. The van der Waals surface area contributed by atoms with Crippen molar-refractivity contribution >= 4 is 28.0 Å².